The number of aromatic nitrogens is 1. The molecule has 0 aliphatic heterocycles. The average molecular weight is 284 g/mol. The van der Waals surface area contributed by atoms with Gasteiger partial charge in [0.05, 0.1) is 5.56 Å². The lowest BCUT2D eigenvalue weighted by atomic mass is 9.98. The predicted octanol–water partition coefficient (Wildman–Crippen LogP) is 4.58. The van der Waals surface area contributed by atoms with E-state index in [1.807, 2.05) is 0 Å². The van der Waals surface area contributed by atoms with Gasteiger partial charge in [0, 0.05) is 10.9 Å². The molecule has 20 heavy (non-hydrogen) atoms. The van der Waals surface area contributed by atoms with Crippen LogP contribution in [0.4, 0.5) is 5.82 Å². The molecule has 0 saturated carbocycles. The molecule has 0 bridgehead atoms. The van der Waals surface area contributed by atoms with Crippen molar-refractivity contribution in [2.45, 2.75) is 20.8 Å². The molecule has 2 N–H and O–H groups in total. The van der Waals surface area contributed by atoms with E-state index in [0.29, 0.717) is 5.82 Å². The molecule has 0 atom stereocenters. The summed E-state index contributed by atoms with van der Waals surface area (Å²) in [5.74, 6) is 1.19. The molecule has 0 amide bonds. The average Bonchev–Trinajstić information content (AvgIpc) is 2.99. The van der Waals surface area contributed by atoms with E-state index in [1.54, 1.807) is 11.3 Å². The maximum absolute atomic E-state index is 6.02. The van der Waals surface area contributed by atoms with Gasteiger partial charge in [-0.15, -0.1) is 0 Å². The number of rotatable bonds is 2. The van der Waals surface area contributed by atoms with Crippen molar-refractivity contribution in [3.05, 3.63) is 45.6 Å². The molecule has 2 aromatic heterocycles. The van der Waals surface area contributed by atoms with Gasteiger partial charge in [-0.05, 0) is 48.4 Å². The summed E-state index contributed by atoms with van der Waals surface area (Å²) in [4.78, 5) is 0. The highest BCUT2D eigenvalue weighted by Gasteiger charge is 2.19. The molecule has 0 fully saturated rings. The highest BCUT2D eigenvalue weighted by molar-refractivity contribution is 7.08. The molecule has 3 aromatic rings. The molecule has 0 unspecified atom stereocenters. The number of nitrogens with two attached hydrogens (primary N) is 1. The van der Waals surface area contributed by atoms with E-state index >= 15 is 0 Å². The molecule has 0 aliphatic rings. The van der Waals surface area contributed by atoms with Crippen LogP contribution < -0.4 is 5.73 Å². The molecule has 4 heteroatoms. The Morgan fingerprint density at radius 1 is 1.05 bits per heavy atom. The summed E-state index contributed by atoms with van der Waals surface area (Å²) in [6.07, 6.45) is 0. The van der Waals surface area contributed by atoms with Gasteiger partial charge in [0.2, 0.25) is 0 Å². The van der Waals surface area contributed by atoms with Crippen molar-refractivity contribution in [2.24, 2.45) is 0 Å². The SMILES string of the molecule is Cc1ccc(-c2c(N)noc2-c2cscc2C)cc1C. The Morgan fingerprint density at radius 3 is 2.50 bits per heavy atom. The Labute approximate surface area is 122 Å². The minimum atomic E-state index is 0.439. The molecule has 0 aliphatic carbocycles. The molecule has 3 nitrogen and oxygen atoms in total. The molecule has 3 rings (SSSR count). The van der Waals surface area contributed by atoms with E-state index < -0.39 is 0 Å². The number of benzene rings is 1. The minimum absolute atomic E-state index is 0.439. The first-order valence-electron chi connectivity index (χ1n) is 6.44. The highest BCUT2D eigenvalue weighted by Crippen LogP contribution is 2.39. The van der Waals surface area contributed by atoms with Crippen LogP contribution in [0, 0.1) is 20.8 Å². The zero-order valence-electron chi connectivity index (χ0n) is 11.7. The fraction of sp³-hybridized carbons (Fsp3) is 0.188. The molecule has 102 valence electrons. The Kier molecular flexibility index (Phi) is 3.10. The van der Waals surface area contributed by atoms with Gasteiger partial charge in [-0.1, -0.05) is 23.4 Å². The van der Waals surface area contributed by atoms with Crippen molar-refractivity contribution in [1.29, 1.82) is 0 Å². The Balaban J connectivity index is 2.21. The van der Waals surface area contributed by atoms with Crippen LogP contribution in [0.3, 0.4) is 0 Å². The first kappa shape index (κ1) is 12.9. The van der Waals surface area contributed by atoms with E-state index in [-0.39, 0.29) is 0 Å². The number of thiophene rings is 1. The van der Waals surface area contributed by atoms with E-state index in [9.17, 15) is 0 Å². The number of hydrogen-bond acceptors (Lipinski definition) is 4. The van der Waals surface area contributed by atoms with Gasteiger partial charge >= 0.3 is 0 Å². The standard InChI is InChI=1S/C16H16N2OS/c1-9-4-5-12(6-10(9)2)14-15(19-18-16(14)17)13-8-20-7-11(13)3/h4-8H,1-3H3,(H2,17,18). The molecular weight excluding hydrogens is 268 g/mol. The maximum Gasteiger partial charge on any atom is 0.178 e. The summed E-state index contributed by atoms with van der Waals surface area (Å²) < 4.78 is 5.48. The molecule has 0 spiro atoms. The van der Waals surface area contributed by atoms with Crippen LogP contribution in [0.2, 0.25) is 0 Å². The first-order chi connectivity index (χ1) is 9.58. The van der Waals surface area contributed by atoms with Crippen LogP contribution in [0.25, 0.3) is 22.5 Å². The van der Waals surface area contributed by atoms with Crippen molar-refractivity contribution in [3.8, 4) is 22.5 Å². The highest BCUT2D eigenvalue weighted by atomic mass is 32.1. The van der Waals surface area contributed by atoms with Crippen LogP contribution in [-0.4, -0.2) is 5.16 Å². The van der Waals surface area contributed by atoms with Crippen molar-refractivity contribution < 1.29 is 4.52 Å². The van der Waals surface area contributed by atoms with Gasteiger partial charge in [-0.2, -0.15) is 11.3 Å². The second kappa shape index (κ2) is 4.80. The van der Waals surface area contributed by atoms with Crippen LogP contribution in [0.15, 0.2) is 33.5 Å². The van der Waals surface area contributed by atoms with Gasteiger partial charge in [-0.3, -0.25) is 0 Å². The summed E-state index contributed by atoms with van der Waals surface area (Å²) >= 11 is 1.65. The normalized spacial score (nSPS) is 10.9. The van der Waals surface area contributed by atoms with Gasteiger partial charge < -0.3 is 10.3 Å². The van der Waals surface area contributed by atoms with Crippen molar-refractivity contribution in [3.63, 3.8) is 0 Å². The minimum Gasteiger partial charge on any atom is -0.380 e. The van der Waals surface area contributed by atoms with Gasteiger partial charge in [0.1, 0.15) is 0 Å². The molecule has 1 aromatic carbocycles. The maximum atomic E-state index is 6.02. The number of anilines is 1. The van der Waals surface area contributed by atoms with Crippen molar-refractivity contribution >= 4 is 17.2 Å². The second-order valence-corrected chi connectivity index (χ2v) is 5.78. The third-order valence-corrected chi connectivity index (χ3v) is 4.48. The summed E-state index contributed by atoms with van der Waals surface area (Å²) in [7, 11) is 0. The van der Waals surface area contributed by atoms with Crippen LogP contribution in [-0.2, 0) is 0 Å². The van der Waals surface area contributed by atoms with E-state index in [4.69, 9.17) is 10.3 Å². The molecule has 0 saturated heterocycles. The fourth-order valence-corrected chi connectivity index (χ4v) is 3.08. The largest absolute Gasteiger partial charge is 0.380 e. The third kappa shape index (κ3) is 2.02. The summed E-state index contributed by atoms with van der Waals surface area (Å²) in [6.45, 7) is 6.26. The van der Waals surface area contributed by atoms with E-state index in [0.717, 1.165) is 22.5 Å². The molecule has 0 radical (unpaired) electrons. The second-order valence-electron chi connectivity index (χ2n) is 5.04. The van der Waals surface area contributed by atoms with Crippen molar-refractivity contribution in [2.75, 3.05) is 5.73 Å². The summed E-state index contributed by atoms with van der Waals surface area (Å²) in [6, 6.07) is 6.29. The monoisotopic (exact) mass is 284 g/mol. The number of hydrogen-bond donors (Lipinski definition) is 1. The van der Waals surface area contributed by atoms with Crippen LogP contribution in [0.1, 0.15) is 16.7 Å². The fourth-order valence-electron chi connectivity index (χ4n) is 2.26. The smallest absolute Gasteiger partial charge is 0.178 e. The van der Waals surface area contributed by atoms with E-state index in [2.05, 4.69) is 54.9 Å². The Bertz CT molecular complexity index is 771. The zero-order valence-corrected chi connectivity index (χ0v) is 12.5. The topological polar surface area (TPSA) is 52.0 Å². The lowest BCUT2D eigenvalue weighted by Crippen LogP contribution is -1.90. The third-order valence-electron chi connectivity index (χ3n) is 3.61. The summed E-state index contributed by atoms with van der Waals surface area (Å²) in [5.41, 5.74) is 12.7. The quantitative estimate of drug-likeness (QED) is 0.749. The zero-order chi connectivity index (χ0) is 14.3. The Hall–Kier alpha value is -2.07. The van der Waals surface area contributed by atoms with Gasteiger partial charge in [0.25, 0.3) is 0 Å². The lowest BCUT2D eigenvalue weighted by Gasteiger charge is -2.06. The summed E-state index contributed by atoms with van der Waals surface area (Å²) in [5, 5.41) is 8.11. The number of nitrogen functional groups attached to an aromatic ring is 1. The van der Waals surface area contributed by atoms with E-state index in [1.165, 1.54) is 16.7 Å². The van der Waals surface area contributed by atoms with Crippen molar-refractivity contribution in [1.82, 2.24) is 5.16 Å². The molecular formula is C16H16N2OS. The Morgan fingerprint density at radius 2 is 1.85 bits per heavy atom. The number of nitrogens with zero attached hydrogens (tertiary/aromatic N) is 1. The van der Waals surface area contributed by atoms with Crippen LogP contribution in [0.5, 0.6) is 0 Å². The molecule has 2 heterocycles. The van der Waals surface area contributed by atoms with Gasteiger partial charge in [-0.25, -0.2) is 0 Å². The first-order valence-corrected chi connectivity index (χ1v) is 7.38. The number of aryl methyl sites for hydroxylation is 3. The lowest BCUT2D eigenvalue weighted by molar-refractivity contribution is 0.436. The predicted molar refractivity (Wildman–Crippen MR) is 83.9 cm³/mol. The van der Waals surface area contributed by atoms with Gasteiger partial charge in [0.15, 0.2) is 11.6 Å². The van der Waals surface area contributed by atoms with Crippen LogP contribution >= 0.6 is 11.3 Å².